The zero-order valence-corrected chi connectivity index (χ0v) is 10.9. The maximum Gasteiger partial charge on any atom is 0.224 e. The van der Waals surface area contributed by atoms with Gasteiger partial charge in [0, 0.05) is 18.0 Å². The van der Waals surface area contributed by atoms with E-state index in [4.69, 9.17) is 5.73 Å². The molecule has 0 spiro atoms. The lowest BCUT2D eigenvalue weighted by Crippen LogP contribution is -2.43. The van der Waals surface area contributed by atoms with Gasteiger partial charge >= 0.3 is 0 Å². The second-order valence-corrected chi connectivity index (χ2v) is 5.17. The number of carbonyl (C=O) groups is 1. The second-order valence-electron chi connectivity index (χ2n) is 4.39. The molecule has 16 heavy (non-hydrogen) atoms. The van der Waals surface area contributed by atoms with Crippen LogP contribution in [0.5, 0.6) is 0 Å². The lowest BCUT2D eigenvalue weighted by molar-refractivity contribution is -0.125. The molecule has 3 atom stereocenters. The third-order valence-electron chi connectivity index (χ3n) is 2.71. The molecule has 0 bridgehead atoms. The molecule has 90 valence electrons. The molecule has 0 aliphatic heterocycles. The number of carbonyl (C=O) groups excluding carboxylic acids is 1. The summed E-state index contributed by atoms with van der Waals surface area (Å²) in [5.74, 6) is -0.0948. The third kappa shape index (κ3) is 3.94. The van der Waals surface area contributed by atoms with Crippen LogP contribution in [-0.2, 0) is 11.2 Å². The van der Waals surface area contributed by atoms with Crippen molar-refractivity contribution in [2.75, 3.05) is 0 Å². The molecule has 0 aliphatic rings. The van der Waals surface area contributed by atoms with Crippen LogP contribution < -0.4 is 11.1 Å². The molecule has 0 aromatic carbocycles. The van der Waals surface area contributed by atoms with Crippen LogP contribution in [0.4, 0.5) is 0 Å². The Morgan fingerprint density at radius 2 is 2.19 bits per heavy atom. The minimum atomic E-state index is -0.134. The number of thiophene rings is 1. The molecule has 0 aliphatic carbocycles. The van der Waals surface area contributed by atoms with Crippen LogP contribution in [0.1, 0.15) is 26.3 Å². The number of nitrogens with one attached hydrogen (secondary N) is 1. The molecule has 3 nitrogen and oxygen atoms in total. The van der Waals surface area contributed by atoms with Gasteiger partial charge in [-0.25, -0.2) is 0 Å². The number of hydrogen-bond donors (Lipinski definition) is 2. The quantitative estimate of drug-likeness (QED) is 0.824. The van der Waals surface area contributed by atoms with E-state index in [0.29, 0.717) is 0 Å². The number of nitrogens with two attached hydrogens (primary N) is 1. The van der Waals surface area contributed by atoms with E-state index in [-0.39, 0.29) is 23.9 Å². The van der Waals surface area contributed by atoms with Gasteiger partial charge in [0.05, 0.1) is 0 Å². The van der Waals surface area contributed by atoms with E-state index in [1.165, 1.54) is 5.56 Å². The lowest BCUT2D eigenvalue weighted by Gasteiger charge is -2.19. The fraction of sp³-hybridized carbons (Fsp3) is 0.583. The van der Waals surface area contributed by atoms with E-state index in [0.717, 1.165) is 6.42 Å². The van der Waals surface area contributed by atoms with Crippen LogP contribution in [0.3, 0.4) is 0 Å². The highest BCUT2D eigenvalue weighted by Gasteiger charge is 2.18. The van der Waals surface area contributed by atoms with E-state index in [1.807, 2.05) is 20.8 Å². The Morgan fingerprint density at radius 1 is 1.50 bits per heavy atom. The molecule has 1 rings (SSSR count). The number of rotatable bonds is 5. The topological polar surface area (TPSA) is 55.1 Å². The average Bonchev–Trinajstić information content (AvgIpc) is 2.68. The minimum Gasteiger partial charge on any atom is -0.353 e. The molecule has 0 saturated carbocycles. The van der Waals surface area contributed by atoms with Crippen molar-refractivity contribution in [2.45, 2.75) is 39.3 Å². The fourth-order valence-corrected chi connectivity index (χ4v) is 2.11. The zero-order chi connectivity index (χ0) is 12.1. The smallest absolute Gasteiger partial charge is 0.224 e. The summed E-state index contributed by atoms with van der Waals surface area (Å²) < 4.78 is 0. The SMILES string of the molecule is CC(Cc1ccsc1)NC(=O)C(C)C(C)N. The number of hydrogen-bond acceptors (Lipinski definition) is 3. The Bertz CT molecular complexity index is 322. The first kappa shape index (κ1) is 13.2. The largest absolute Gasteiger partial charge is 0.353 e. The monoisotopic (exact) mass is 240 g/mol. The average molecular weight is 240 g/mol. The summed E-state index contributed by atoms with van der Waals surface area (Å²) in [6.07, 6.45) is 0.876. The number of amides is 1. The molecule has 0 saturated heterocycles. The van der Waals surface area contributed by atoms with E-state index >= 15 is 0 Å². The van der Waals surface area contributed by atoms with Gasteiger partial charge < -0.3 is 11.1 Å². The minimum absolute atomic E-state index is 0.0396. The Morgan fingerprint density at radius 3 is 2.69 bits per heavy atom. The second kappa shape index (κ2) is 6.01. The molecule has 1 heterocycles. The zero-order valence-electron chi connectivity index (χ0n) is 10.1. The maximum atomic E-state index is 11.7. The first-order valence-corrected chi connectivity index (χ1v) is 6.52. The Kier molecular flexibility index (Phi) is 4.96. The summed E-state index contributed by atoms with van der Waals surface area (Å²) in [6, 6.07) is 2.14. The fourth-order valence-electron chi connectivity index (χ4n) is 1.43. The molecule has 4 heteroatoms. The molecule has 3 unspecified atom stereocenters. The van der Waals surface area contributed by atoms with Gasteiger partial charge in [-0.15, -0.1) is 0 Å². The van der Waals surface area contributed by atoms with Crippen molar-refractivity contribution in [3.05, 3.63) is 22.4 Å². The van der Waals surface area contributed by atoms with Crippen molar-refractivity contribution in [2.24, 2.45) is 11.7 Å². The summed E-state index contributed by atoms with van der Waals surface area (Å²) in [4.78, 5) is 11.7. The Hall–Kier alpha value is -0.870. The van der Waals surface area contributed by atoms with Crippen molar-refractivity contribution in [3.63, 3.8) is 0 Å². The van der Waals surface area contributed by atoms with E-state index < -0.39 is 0 Å². The van der Waals surface area contributed by atoms with E-state index in [9.17, 15) is 4.79 Å². The van der Waals surface area contributed by atoms with Crippen molar-refractivity contribution < 1.29 is 4.79 Å². The highest BCUT2D eigenvalue weighted by molar-refractivity contribution is 7.07. The van der Waals surface area contributed by atoms with Crippen LogP contribution in [-0.4, -0.2) is 18.0 Å². The van der Waals surface area contributed by atoms with Crippen LogP contribution in [0.2, 0.25) is 0 Å². The van der Waals surface area contributed by atoms with Crippen LogP contribution in [0.25, 0.3) is 0 Å². The predicted molar refractivity (Wildman–Crippen MR) is 68.4 cm³/mol. The molecular weight excluding hydrogens is 220 g/mol. The van der Waals surface area contributed by atoms with Crippen LogP contribution in [0, 0.1) is 5.92 Å². The predicted octanol–water partition coefficient (Wildman–Crippen LogP) is 1.78. The maximum absolute atomic E-state index is 11.7. The summed E-state index contributed by atoms with van der Waals surface area (Å²) >= 11 is 1.68. The standard InChI is InChI=1S/C12H20N2OS/c1-8(6-11-4-5-16-7-11)14-12(15)9(2)10(3)13/h4-5,7-10H,6,13H2,1-3H3,(H,14,15). The van der Waals surface area contributed by atoms with Gasteiger partial charge in [0.2, 0.25) is 5.91 Å². The molecular formula is C12H20N2OS. The lowest BCUT2D eigenvalue weighted by atomic mass is 10.0. The summed E-state index contributed by atoms with van der Waals surface area (Å²) in [6.45, 7) is 5.73. The van der Waals surface area contributed by atoms with Gasteiger partial charge in [-0.05, 0) is 42.7 Å². The van der Waals surface area contributed by atoms with Crippen molar-refractivity contribution in [1.82, 2.24) is 5.32 Å². The molecule has 0 radical (unpaired) electrons. The van der Waals surface area contributed by atoms with Gasteiger partial charge in [-0.2, -0.15) is 11.3 Å². The Labute approximate surface area is 101 Å². The first-order chi connectivity index (χ1) is 7.50. The molecule has 3 N–H and O–H groups in total. The van der Waals surface area contributed by atoms with Gasteiger partial charge in [0.1, 0.15) is 0 Å². The van der Waals surface area contributed by atoms with Crippen molar-refractivity contribution >= 4 is 17.2 Å². The van der Waals surface area contributed by atoms with Crippen molar-refractivity contribution in [1.29, 1.82) is 0 Å². The highest BCUT2D eigenvalue weighted by Crippen LogP contribution is 2.09. The van der Waals surface area contributed by atoms with Crippen molar-refractivity contribution in [3.8, 4) is 0 Å². The van der Waals surface area contributed by atoms with Crippen LogP contribution >= 0.6 is 11.3 Å². The van der Waals surface area contributed by atoms with Crippen LogP contribution in [0.15, 0.2) is 16.8 Å². The Balaban J connectivity index is 2.39. The van der Waals surface area contributed by atoms with Gasteiger partial charge in [0.15, 0.2) is 0 Å². The first-order valence-electron chi connectivity index (χ1n) is 5.57. The highest BCUT2D eigenvalue weighted by atomic mass is 32.1. The molecule has 0 fully saturated rings. The van der Waals surface area contributed by atoms with E-state index in [1.54, 1.807) is 11.3 Å². The molecule has 1 aromatic rings. The van der Waals surface area contributed by atoms with Gasteiger partial charge in [-0.3, -0.25) is 4.79 Å². The third-order valence-corrected chi connectivity index (χ3v) is 3.44. The molecule has 1 amide bonds. The summed E-state index contributed by atoms with van der Waals surface area (Å²) in [5, 5.41) is 7.14. The molecule has 1 aromatic heterocycles. The van der Waals surface area contributed by atoms with E-state index in [2.05, 4.69) is 22.1 Å². The summed E-state index contributed by atoms with van der Waals surface area (Å²) in [7, 11) is 0. The normalized spacial score (nSPS) is 16.5. The van der Waals surface area contributed by atoms with Gasteiger partial charge in [0.25, 0.3) is 0 Å². The van der Waals surface area contributed by atoms with Gasteiger partial charge in [-0.1, -0.05) is 6.92 Å². The summed E-state index contributed by atoms with van der Waals surface area (Å²) in [5.41, 5.74) is 6.96.